The number of nitrogens with two attached hydrogens (primary N) is 1. The van der Waals surface area contributed by atoms with Gasteiger partial charge in [0.05, 0.1) is 3.79 Å². The molecule has 0 fully saturated rings. The molecular weight excluding hydrogens is 356 g/mol. The molecule has 3 N–H and O–H groups in total. The van der Waals surface area contributed by atoms with Gasteiger partial charge in [-0.15, -0.1) is 11.3 Å². The van der Waals surface area contributed by atoms with Crippen LogP contribution in [0.25, 0.3) is 0 Å². The molecule has 3 nitrogen and oxygen atoms in total. The second-order valence-electron chi connectivity index (χ2n) is 3.18. The summed E-state index contributed by atoms with van der Waals surface area (Å²) < 4.78 is 1.87. The third-order valence-electron chi connectivity index (χ3n) is 2.12. The van der Waals surface area contributed by atoms with Gasteiger partial charge in [-0.05, 0) is 44.0 Å². The molecule has 2 heterocycles. The molecule has 0 aromatic carbocycles. The van der Waals surface area contributed by atoms with Crippen molar-refractivity contribution in [3.8, 4) is 0 Å². The van der Waals surface area contributed by atoms with Gasteiger partial charge in [0.25, 0.3) is 0 Å². The maximum absolute atomic E-state index is 10.2. The van der Waals surface area contributed by atoms with Gasteiger partial charge in [-0.3, -0.25) is 4.98 Å². The van der Waals surface area contributed by atoms with Crippen molar-refractivity contribution in [1.82, 2.24) is 4.98 Å². The molecule has 16 heavy (non-hydrogen) atoms. The van der Waals surface area contributed by atoms with E-state index in [0.29, 0.717) is 11.3 Å². The summed E-state index contributed by atoms with van der Waals surface area (Å²) in [7, 11) is 0. The lowest BCUT2D eigenvalue weighted by atomic mass is 10.1. The maximum atomic E-state index is 10.2. The number of aliphatic hydroxyl groups excluding tert-OH is 1. The fourth-order valence-electron chi connectivity index (χ4n) is 1.30. The number of aliphatic hydroxyl groups is 1. The molecule has 1 unspecified atom stereocenters. The lowest BCUT2D eigenvalue weighted by Crippen LogP contribution is -2.02. The van der Waals surface area contributed by atoms with Gasteiger partial charge in [0, 0.05) is 33.0 Å². The van der Waals surface area contributed by atoms with Crippen molar-refractivity contribution >= 4 is 48.9 Å². The number of nitrogens with zero attached hydrogens (tertiary/aromatic N) is 1. The van der Waals surface area contributed by atoms with Gasteiger partial charge in [-0.2, -0.15) is 0 Å². The zero-order valence-electron chi connectivity index (χ0n) is 8.02. The number of hydrogen-bond donors (Lipinski definition) is 2. The minimum Gasteiger partial charge on any atom is -0.398 e. The van der Waals surface area contributed by atoms with E-state index in [-0.39, 0.29) is 0 Å². The van der Waals surface area contributed by atoms with Gasteiger partial charge in [0.1, 0.15) is 6.10 Å². The van der Waals surface area contributed by atoms with Crippen LogP contribution in [0.2, 0.25) is 0 Å². The molecule has 2 aromatic heterocycles. The van der Waals surface area contributed by atoms with Crippen molar-refractivity contribution in [2.75, 3.05) is 5.73 Å². The minimum atomic E-state index is -0.735. The average Bonchev–Trinajstić information content (AvgIpc) is 2.59. The zero-order chi connectivity index (χ0) is 11.7. The van der Waals surface area contributed by atoms with Crippen LogP contribution in [0.1, 0.15) is 16.5 Å². The number of pyridine rings is 1. The topological polar surface area (TPSA) is 59.1 Å². The molecule has 0 saturated carbocycles. The van der Waals surface area contributed by atoms with Crippen molar-refractivity contribution in [3.63, 3.8) is 0 Å². The smallest absolute Gasteiger partial charge is 0.117 e. The molecule has 2 rings (SSSR count). The number of rotatable bonds is 2. The van der Waals surface area contributed by atoms with E-state index in [1.54, 1.807) is 18.5 Å². The number of nitrogen functional groups attached to an aromatic ring is 1. The third kappa shape index (κ3) is 2.29. The number of hydrogen-bond acceptors (Lipinski definition) is 4. The molecule has 0 aliphatic heterocycles. The highest BCUT2D eigenvalue weighted by molar-refractivity contribution is 9.13. The largest absolute Gasteiger partial charge is 0.398 e. The first kappa shape index (κ1) is 12.0. The number of halogens is 2. The number of anilines is 1. The average molecular weight is 364 g/mol. The SMILES string of the molecule is Nc1ccncc1C(O)c1cc(Br)c(Br)s1. The first-order valence-electron chi connectivity index (χ1n) is 4.41. The zero-order valence-corrected chi connectivity index (χ0v) is 12.0. The Morgan fingerprint density at radius 2 is 2.19 bits per heavy atom. The van der Waals surface area contributed by atoms with Crippen molar-refractivity contribution in [2.24, 2.45) is 0 Å². The summed E-state index contributed by atoms with van der Waals surface area (Å²) in [4.78, 5) is 4.78. The van der Waals surface area contributed by atoms with E-state index in [4.69, 9.17) is 5.73 Å². The van der Waals surface area contributed by atoms with E-state index < -0.39 is 6.10 Å². The molecular formula is C10H8Br2N2OS. The molecule has 0 radical (unpaired) electrons. The minimum absolute atomic E-state index is 0.545. The molecule has 2 aromatic rings. The van der Waals surface area contributed by atoms with Crippen LogP contribution in [-0.4, -0.2) is 10.1 Å². The van der Waals surface area contributed by atoms with E-state index in [0.717, 1.165) is 13.1 Å². The van der Waals surface area contributed by atoms with E-state index in [2.05, 4.69) is 36.8 Å². The summed E-state index contributed by atoms with van der Waals surface area (Å²) in [6, 6.07) is 3.54. The first-order valence-corrected chi connectivity index (χ1v) is 6.82. The Morgan fingerprint density at radius 1 is 1.44 bits per heavy atom. The molecule has 6 heteroatoms. The van der Waals surface area contributed by atoms with Gasteiger partial charge < -0.3 is 10.8 Å². The Kier molecular flexibility index (Phi) is 3.63. The Labute approximate surface area is 114 Å². The molecule has 0 saturated heterocycles. The van der Waals surface area contributed by atoms with Crippen LogP contribution in [0.3, 0.4) is 0 Å². The maximum Gasteiger partial charge on any atom is 0.117 e. The second kappa shape index (κ2) is 4.83. The van der Waals surface area contributed by atoms with Crippen molar-refractivity contribution < 1.29 is 5.11 Å². The number of aromatic nitrogens is 1. The summed E-state index contributed by atoms with van der Waals surface area (Å²) in [5.41, 5.74) is 6.96. The highest BCUT2D eigenvalue weighted by Gasteiger charge is 2.17. The Morgan fingerprint density at radius 3 is 2.75 bits per heavy atom. The summed E-state index contributed by atoms with van der Waals surface area (Å²) in [5, 5.41) is 10.2. The van der Waals surface area contributed by atoms with Crippen LogP contribution in [0.5, 0.6) is 0 Å². The third-order valence-corrected chi connectivity index (χ3v) is 5.42. The fraction of sp³-hybridized carbons (Fsp3) is 0.100. The Bertz CT molecular complexity index is 496. The van der Waals surface area contributed by atoms with Gasteiger partial charge in [-0.1, -0.05) is 0 Å². The van der Waals surface area contributed by atoms with Gasteiger partial charge in [-0.25, -0.2) is 0 Å². The van der Waals surface area contributed by atoms with E-state index in [1.165, 1.54) is 11.3 Å². The van der Waals surface area contributed by atoms with Crippen LogP contribution in [0, 0.1) is 0 Å². The van der Waals surface area contributed by atoms with Crippen LogP contribution >= 0.6 is 43.2 Å². The van der Waals surface area contributed by atoms with Crippen LogP contribution in [0.15, 0.2) is 32.8 Å². The lowest BCUT2D eigenvalue weighted by molar-refractivity contribution is 0.224. The van der Waals surface area contributed by atoms with Crippen molar-refractivity contribution in [2.45, 2.75) is 6.10 Å². The molecule has 0 amide bonds. The number of thiophene rings is 1. The summed E-state index contributed by atoms with van der Waals surface area (Å²) >= 11 is 8.23. The van der Waals surface area contributed by atoms with Crippen LogP contribution in [-0.2, 0) is 0 Å². The summed E-state index contributed by atoms with van der Waals surface area (Å²) in [6.07, 6.45) is 2.45. The van der Waals surface area contributed by atoms with E-state index in [1.807, 2.05) is 6.07 Å². The second-order valence-corrected chi connectivity index (χ2v) is 6.43. The standard InChI is InChI=1S/C10H8Br2N2OS/c11-6-3-8(16-10(6)12)9(15)5-4-14-2-1-7(5)13/h1-4,9,15H,(H2,13,14). The molecule has 0 bridgehead atoms. The highest BCUT2D eigenvalue weighted by Crippen LogP contribution is 2.38. The van der Waals surface area contributed by atoms with Gasteiger partial charge >= 0.3 is 0 Å². The van der Waals surface area contributed by atoms with E-state index >= 15 is 0 Å². The molecule has 84 valence electrons. The van der Waals surface area contributed by atoms with Crippen molar-refractivity contribution in [1.29, 1.82) is 0 Å². The monoisotopic (exact) mass is 362 g/mol. The Hall–Kier alpha value is -0.430. The quantitative estimate of drug-likeness (QED) is 0.860. The predicted molar refractivity (Wildman–Crippen MR) is 72.4 cm³/mol. The Balaban J connectivity index is 2.39. The first-order chi connectivity index (χ1) is 7.59. The van der Waals surface area contributed by atoms with Crippen LogP contribution in [0.4, 0.5) is 5.69 Å². The van der Waals surface area contributed by atoms with E-state index in [9.17, 15) is 5.11 Å². The summed E-state index contributed by atoms with van der Waals surface area (Å²) in [6.45, 7) is 0. The predicted octanol–water partition coefficient (Wildman–Crippen LogP) is 3.33. The van der Waals surface area contributed by atoms with Gasteiger partial charge in [0.2, 0.25) is 0 Å². The molecule has 0 spiro atoms. The van der Waals surface area contributed by atoms with Gasteiger partial charge in [0.15, 0.2) is 0 Å². The molecule has 0 aliphatic rings. The van der Waals surface area contributed by atoms with Crippen molar-refractivity contribution in [3.05, 3.63) is 43.2 Å². The lowest BCUT2D eigenvalue weighted by Gasteiger charge is -2.10. The molecule has 0 aliphatic carbocycles. The highest BCUT2D eigenvalue weighted by atomic mass is 79.9. The molecule has 1 atom stereocenters. The van der Waals surface area contributed by atoms with Crippen LogP contribution < -0.4 is 5.73 Å². The normalized spacial score (nSPS) is 12.7. The fourth-order valence-corrected chi connectivity index (χ4v) is 3.39. The summed E-state index contributed by atoms with van der Waals surface area (Å²) in [5.74, 6) is 0.